The van der Waals surface area contributed by atoms with E-state index >= 15 is 0 Å². The Morgan fingerprint density at radius 2 is 1.69 bits per heavy atom. The van der Waals surface area contributed by atoms with Crippen LogP contribution >= 0.6 is 0 Å². The van der Waals surface area contributed by atoms with Crippen molar-refractivity contribution in [3.05, 3.63) is 89.5 Å². The molecule has 0 aliphatic rings. The molecule has 1 N–H and O–H groups in total. The lowest BCUT2D eigenvalue weighted by Crippen LogP contribution is -2.41. The smallest absolute Gasteiger partial charge is 0.406 e. The summed E-state index contributed by atoms with van der Waals surface area (Å²) in [5.74, 6) is -1.03. The molecular weight excluding hydrogens is 481 g/mol. The monoisotopic (exact) mass is 506 g/mol. The molecule has 0 aliphatic heterocycles. The van der Waals surface area contributed by atoms with Crippen molar-refractivity contribution in [1.29, 1.82) is 0 Å². The minimum absolute atomic E-state index is 0.0406. The molecule has 0 aromatic heterocycles. The topological polar surface area (TPSA) is 75.7 Å². The zero-order chi connectivity index (χ0) is 25.6. The van der Waals surface area contributed by atoms with Crippen LogP contribution < -0.4 is 14.4 Å². The summed E-state index contributed by atoms with van der Waals surface area (Å²) in [6.07, 6.45) is -4.29. The van der Waals surface area contributed by atoms with Crippen LogP contribution in [0.1, 0.15) is 23.6 Å². The number of sulfonamides is 1. The second-order valence-corrected chi connectivity index (χ2v) is 9.64. The van der Waals surface area contributed by atoms with Gasteiger partial charge in [-0.15, -0.1) is 13.2 Å². The Morgan fingerprint density at radius 1 is 1.00 bits per heavy atom. The van der Waals surface area contributed by atoms with Gasteiger partial charge < -0.3 is 10.1 Å². The molecule has 1 amide bonds. The van der Waals surface area contributed by atoms with E-state index in [1.807, 2.05) is 13.8 Å². The first-order valence-electron chi connectivity index (χ1n) is 10.8. The average Bonchev–Trinajstić information content (AvgIpc) is 2.80. The van der Waals surface area contributed by atoms with Crippen molar-refractivity contribution in [3.8, 4) is 5.75 Å². The highest BCUT2D eigenvalue weighted by Gasteiger charge is 2.31. The molecular formula is C25H25F3N2O4S. The maximum Gasteiger partial charge on any atom is 0.573 e. The third-order valence-corrected chi connectivity index (χ3v) is 6.93. The molecule has 3 aromatic rings. The fourth-order valence-corrected chi connectivity index (χ4v) is 4.89. The molecule has 0 aliphatic carbocycles. The number of para-hydroxylation sites is 1. The molecule has 0 heterocycles. The summed E-state index contributed by atoms with van der Waals surface area (Å²) < 4.78 is 69.4. The molecule has 0 atom stereocenters. The number of carbonyl (C=O) groups excluding carboxylic acids is 1. The standard InChI is InChI=1S/C25H25F3N2O4S/c1-3-20-8-4-5-10-23(20)30(35(32,33)22-13-11-18(2)12-14-22)17-24(31)29-16-19-7-6-9-21(15-19)34-25(26,27)28/h4-15H,3,16-17H2,1-2H3,(H,29,31). The van der Waals surface area contributed by atoms with Crippen molar-refractivity contribution in [2.75, 3.05) is 10.8 Å². The van der Waals surface area contributed by atoms with Gasteiger partial charge in [0.25, 0.3) is 10.0 Å². The first-order chi connectivity index (χ1) is 16.5. The van der Waals surface area contributed by atoms with Crippen LogP contribution in [0.25, 0.3) is 0 Å². The summed E-state index contributed by atoms with van der Waals surface area (Å²) in [7, 11) is -4.08. The maximum absolute atomic E-state index is 13.5. The first-order valence-corrected chi connectivity index (χ1v) is 12.2. The van der Waals surface area contributed by atoms with E-state index in [1.165, 1.54) is 24.3 Å². The number of hydrogen-bond acceptors (Lipinski definition) is 4. The predicted molar refractivity (Wildman–Crippen MR) is 127 cm³/mol. The van der Waals surface area contributed by atoms with E-state index < -0.39 is 34.6 Å². The number of alkyl halides is 3. The lowest BCUT2D eigenvalue weighted by molar-refractivity contribution is -0.274. The number of nitrogens with zero attached hydrogens (tertiary/aromatic N) is 1. The molecule has 0 unspecified atom stereocenters. The van der Waals surface area contributed by atoms with Crippen molar-refractivity contribution in [3.63, 3.8) is 0 Å². The average molecular weight is 507 g/mol. The molecule has 0 bridgehead atoms. The minimum atomic E-state index is -4.83. The van der Waals surface area contributed by atoms with Crippen molar-refractivity contribution in [2.45, 2.75) is 38.1 Å². The molecule has 3 rings (SSSR count). The fourth-order valence-electron chi connectivity index (χ4n) is 3.43. The first kappa shape index (κ1) is 26.1. The number of hydrogen-bond donors (Lipinski definition) is 1. The van der Waals surface area contributed by atoms with Crippen molar-refractivity contribution in [2.24, 2.45) is 0 Å². The van der Waals surface area contributed by atoms with Gasteiger partial charge in [0.15, 0.2) is 0 Å². The Kier molecular flexibility index (Phi) is 8.06. The molecule has 6 nitrogen and oxygen atoms in total. The summed E-state index contributed by atoms with van der Waals surface area (Å²) >= 11 is 0. The van der Waals surface area contributed by atoms with Gasteiger partial charge in [0.1, 0.15) is 12.3 Å². The van der Waals surface area contributed by atoms with E-state index in [0.717, 1.165) is 27.6 Å². The lowest BCUT2D eigenvalue weighted by atomic mass is 10.1. The maximum atomic E-state index is 13.5. The van der Waals surface area contributed by atoms with Gasteiger partial charge in [-0.25, -0.2) is 8.42 Å². The number of halogens is 3. The number of nitrogens with one attached hydrogen (secondary N) is 1. The van der Waals surface area contributed by atoms with Crippen molar-refractivity contribution >= 4 is 21.6 Å². The highest BCUT2D eigenvalue weighted by Crippen LogP contribution is 2.28. The minimum Gasteiger partial charge on any atom is -0.406 e. The van der Waals surface area contributed by atoms with E-state index in [-0.39, 0.29) is 11.4 Å². The van der Waals surface area contributed by atoms with Gasteiger partial charge in [-0.05, 0) is 54.8 Å². The molecule has 35 heavy (non-hydrogen) atoms. The summed E-state index contributed by atoms with van der Waals surface area (Å²) in [6, 6.07) is 18.4. The number of ether oxygens (including phenoxy) is 1. The Balaban J connectivity index is 1.84. The summed E-state index contributed by atoms with van der Waals surface area (Å²) in [4.78, 5) is 12.9. The van der Waals surface area contributed by atoms with Gasteiger partial charge in [-0.2, -0.15) is 0 Å². The number of benzene rings is 3. The molecule has 0 saturated carbocycles. The van der Waals surface area contributed by atoms with Crippen molar-refractivity contribution in [1.82, 2.24) is 5.32 Å². The Morgan fingerprint density at radius 3 is 2.34 bits per heavy atom. The normalized spacial score (nSPS) is 11.7. The third kappa shape index (κ3) is 6.98. The molecule has 0 fully saturated rings. The number of aryl methyl sites for hydroxylation is 2. The molecule has 0 spiro atoms. The summed E-state index contributed by atoms with van der Waals surface area (Å²) in [5, 5.41) is 2.58. The van der Waals surface area contributed by atoms with Crippen LogP contribution in [0, 0.1) is 6.92 Å². The Labute approximate surface area is 202 Å². The SMILES string of the molecule is CCc1ccccc1N(CC(=O)NCc1cccc(OC(F)(F)F)c1)S(=O)(=O)c1ccc(C)cc1. The van der Waals surface area contributed by atoms with Crippen LogP contribution in [-0.2, 0) is 27.8 Å². The molecule has 0 saturated heterocycles. The van der Waals surface area contributed by atoms with E-state index in [1.54, 1.807) is 36.4 Å². The van der Waals surface area contributed by atoms with E-state index in [0.29, 0.717) is 17.7 Å². The van der Waals surface area contributed by atoms with E-state index in [2.05, 4.69) is 10.1 Å². The largest absolute Gasteiger partial charge is 0.573 e. The third-order valence-electron chi connectivity index (χ3n) is 5.16. The molecule has 0 radical (unpaired) electrons. The number of anilines is 1. The molecule has 3 aromatic carbocycles. The van der Waals surface area contributed by atoms with Crippen LogP contribution in [-0.4, -0.2) is 27.2 Å². The Hall–Kier alpha value is -3.53. The zero-order valence-corrected chi connectivity index (χ0v) is 20.0. The number of amides is 1. The number of rotatable bonds is 9. The highest BCUT2D eigenvalue weighted by atomic mass is 32.2. The van der Waals surface area contributed by atoms with Crippen molar-refractivity contribution < 1.29 is 31.1 Å². The predicted octanol–water partition coefficient (Wildman–Crippen LogP) is 4.97. The van der Waals surface area contributed by atoms with Crippen LogP contribution in [0.2, 0.25) is 0 Å². The summed E-state index contributed by atoms with van der Waals surface area (Å²) in [6.45, 7) is 3.10. The quantitative estimate of drug-likeness (QED) is 0.445. The van der Waals surface area contributed by atoms with Gasteiger partial charge in [0.2, 0.25) is 5.91 Å². The van der Waals surface area contributed by atoms with E-state index in [9.17, 15) is 26.4 Å². The van der Waals surface area contributed by atoms with Gasteiger partial charge >= 0.3 is 6.36 Å². The Bertz CT molecular complexity index is 1280. The van der Waals surface area contributed by atoms with Crippen LogP contribution in [0.4, 0.5) is 18.9 Å². The second kappa shape index (κ2) is 10.8. The van der Waals surface area contributed by atoms with Gasteiger partial charge in [-0.1, -0.05) is 55.0 Å². The van der Waals surface area contributed by atoms with E-state index in [4.69, 9.17) is 0 Å². The second-order valence-electron chi connectivity index (χ2n) is 7.78. The van der Waals surface area contributed by atoms with Gasteiger partial charge in [0.05, 0.1) is 10.6 Å². The highest BCUT2D eigenvalue weighted by molar-refractivity contribution is 7.92. The summed E-state index contributed by atoms with van der Waals surface area (Å²) in [5.41, 5.74) is 2.38. The fraction of sp³-hybridized carbons (Fsp3) is 0.240. The van der Waals surface area contributed by atoms with Gasteiger partial charge in [-0.3, -0.25) is 9.10 Å². The molecule has 186 valence electrons. The zero-order valence-electron chi connectivity index (χ0n) is 19.2. The van der Waals surface area contributed by atoms with Crippen LogP contribution in [0.5, 0.6) is 5.75 Å². The lowest BCUT2D eigenvalue weighted by Gasteiger charge is -2.26. The van der Waals surface area contributed by atoms with Crippen LogP contribution in [0.3, 0.4) is 0 Å². The van der Waals surface area contributed by atoms with Crippen LogP contribution in [0.15, 0.2) is 77.7 Å². The van der Waals surface area contributed by atoms with Gasteiger partial charge in [0, 0.05) is 6.54 Å². The number of carbonyl (C=O) groups is 1. The molecule has 10 heteroatoms.